The molecule has 4 atom stereocenters. The van der Waals surface area contributed by atoms with Crippen molar-refractivity contribution in [1.82, 2.24) is 4.90 Å². The molecular weight excluding hydrogens is 628 g/mol. The maximum absolute atomic E-state index is 14.7. The van der Waals surface area contributed by atoms with Gasteiger partial charge in [0.1, 0.15) is 13.2 Å². The standard InChI is InChI=1S/C37H38N4O8/c1-23-16-30(19-33(43)40-21-26-5-3-2-4-25(26)17-29(40)22-42)49-37(23)31-18-28(39-13-15-48-36(39)46)10-11-32(31)41(34(37)44)20-24-6-8-27(9-7-24)38-12-14-47-35(38)45/h2-11,18,23,29-30,42H,12-17,19-22H2,1H3/t23-,29+,30-,37+/m1/s1. The van der Waals surface area contributed by atoms with Crippen LogP contribution in [0.25, 0.3) is 0 Å². The summed E-state index contributed by atoms with van der Waals surface area (Å²) in [6, 6.07) is 20.6. The molecule has 0 unspecified atom stereocenters. The molecule has 5 aliphatic rings. The van der Waals surface area contributed by atoms with Crippen LogP contribution in [0.4, 0.5) is 26.7 Å². The number of carbonyl (C=O) groups is 4. The van der Waals surface area contributed by atoms with Crippen molar-refractivity contribution in [2.24, 2.45) is 5.92 Å². The molecule has 3 aromatic rings. The van der Waals surface area contributed by atoms with E-state index in [2.05, 4.69) is 0 Å². The van der Waals surface area contributed by atoms with Gasteiger partial charge in [0.25, 0.3) is 5.91 Å². The summed E-state index contributed by atoms with van der Waals surface area (Å²) in [6.45, 7) is 4.02. The monoisotopic (exact) mass is 666 g/mol. The molecule has 5 heterocycles. The highest BCUT2D eigenvalue weighted by Crippen LogP contribution is 2.55. The largest absolute Gasteiger partial charge is 0.447 e. The maximum atomic E-state index is 14.7. The molecular formula is C37H38N4O8. The van der Waals surface area contributed by atoms with Gasteiger partial charge >= 0.3 is 12.2 Å². The predicted octanol–water partition coefficient (Wildman–Crippen LogP) is 4.10. The van der Waals surface area contributed by atoms with Crippen LogP contribution in [-0.4, -0.2) is 79.1 Å². The van der Waals surface area contributed by atoms with Gasteiger partial charge in [0, 0.05) is 29.4 Å². The summed E-state index contributed by atoms with van der Waals surface area (Å²) < 4.78 is 17.0. The zero-order chi connectivity index (χ0) is 33.9. The molecule has 0 aliphatic carbocycles. The summed E-state index contributed by atoms with van der Waals surface area (Å²) in [4.78, 5) is 59.7. The molecule has 8 rings (SSSR count). The summed E-state index contributed by atoms with van der Waals surface area (Å²) in [5.41, 5.74) is 4.38. The first-order valence-corrected chi connectivity index (χ1v) is 16.9. The zero-order valence-electron chi connectivity index (χ0n) is 27.2. The number of hydrogen-bond acceptors (Lipinski definition) is 8. The van der Waals surface area contributed by atoms with Gasteiger partial charge < -0.3 is 29.1 Å². The van der Waals surface area contributed by atoms with E-state index in [1.807, 2.05) is 73.7 Å². The van der Waals surface area contributed by atoms with Crippen LogP contribution in [-0.2, 0) is 48.9 Å². The van der Waals surface area contributed by atoms with Crippen LogP contribution in [0, 0.1) is 5.92 Å². The van der Waals surface area contributed by atoms with Gasteiger partial charge in [-0.1, -0.05) is 43.3 Å². The average molecular weight is 667 g/mol. The summed E-state index contributed by atoms with van der Waals surface area (Å²) in [5.74, 6) is -0.624. The fraction of sp³-hybridized carbons (Fsp3) is 0.405. The Balaban J connectivity index is 1.08. The van der Waals surface area contributed by atoms with Crippen LogP contribution >= 0.6 is 0 Å². The molecule has 254 valence electrons. The van der Waals surface area contributed by atoms with Crippen molar-refractivity contribution in [3.63, 3.8) is 0 Å². The zero-order valence-corrected chi connectivity index (χ0v) is 27.2. The van der Waals surface area contributed by atoms with Crippen molar-refractivity contribution in [2.45, 2.75) is 57.0 Å². The topological polar surface area (TPSA) is 129 Å². The molecule has 3 fully saturated rings. The van der Waals surface area contributed by atoms with Crippen LogP contribution in [0.3, 0.4) is 0 Å². The molecule has 0 radical (unpaired) electrons. The van der Waals surface area contributed by atoms with Crippen LogP contribution in [0.15, 0.2) is 66.7 Å². The second-order valence-electron chi connectivity index (χ2n) is 13.4. The van der Waals surface area contributed by atoms with Gasteiger partial charge in [0.15, 0.2) is 5.60 Å². The van der Waals surface area contributed by atoms with Crippen LogP contribution in [0.1, 0.15) is 42.0 Å². The number of carbonyl (C=O) groups excluding carboxylic acids is 4. The van der Waals surface area contributed by atoms with E-state index in [1.54, 1.807) is 19.6 Å². The van der Waals surface area contributed by atoms with E-state index in [-0.39, 0.29) is 56.0 Å². The quantitative estimate of drug-likeness (QED) is 0.399. The van der Waals surface area contributed by atoms with Crippen molar-refractivity contribution in [1.29, 1.82) is 0 Å². The molecule has 3 aromatic carbocycles. The second kappa shape index (κ2) is 12.2. The molecule has 49 heavy (non-hydrogen) atoms. The Hall–Kier alpha value is -4.94. The average Bonchev–Trinajstić information content (AvgIpc) is 3.88. The normalized spacial score (nSPS) is 26.0. The Morgan fingerprint density at radius 3 is 2.24 bits per heavy atom. The van der Waals surface area contributed by atoms with Gasteiger partial charge in [-0.3, -0.25) is 19.4 Å². The number of nitrogens with zero attached hydrogens (tertiary/aromatic N) is 4. The number of rotatable bonds is 7. The Morgan fingerprint density at radius 1 is 0.898 bits per heavy atom. The fourth-order valence-electron chi connectivity index (χ4n) is 8.08. The highest BCUT2D eigenvalue weighted by Gasteiger charge is 2.60. The number of ether oxygens (including phenoxy) is 3. The van der Waals surface area contributed by atoms with Gasteiger partial charge in [0.2, 0.25) is 5.91 Å². The minimum Gasteiger partial charge on any atom is -0.447 e. The van der Waals surface area contributed by atoms with Gasteiger partial charge in [-0.2, -0.15) is 0 Å². The molecule has 1 N–H and O–H groups in total. The summed E-state index contributed by atoms with van der Waals surface area (Å²) >= 11 is 0. The summed E-state index contributed by atoms with van der Waals surface area (Å²) in [5, 5.41) is 10.2. The SMILES string of the molecule is C[C@@H]1C[C@H](CC(=O)N2Cc3ccccc3C[C@H]2CO)O[C@@]12C(=O)N(Cc1ccc(N3CCOC3=O)cc1)c1ccc(N3CCOC3=O)cc12. The smallest absolute Gasteiger partial charge is 0.414 e. The molecule has 4 amide bonds. The first-order chi connectivity index (χ1) is 23.8. The highest BCUT2D eigenvalue weighted by molar-refractivity contribution is 6.08. The number of anilines is 3. The van der Waals surface area contributed by atoms with Gasteiger partial charge in [-0.05, 0) is 59.9 Å². The maximum Gasteiger partial charge on any atom is 0.414 e. The number of cyclic esters (lactones) is 2. The Morgan fingerprint density at radius 2 is 1.57 bits per heavy atom. The van der Waals surface area contributed by atoms with Crippen LogP contribution < -0.4 is 14.7 Å². The number of aliphatic hydroxyl groups excluding tert-OH is 1. The van der Waals surface area contributed by atoms with Crippen molar-refractivity contribution < 1.29 is 38.5 Å². The molecule has 1 spiro atoms. The Labute approximate surface area is 283 Å². The lowest BCUT2D eigenvalue weighted by molar-refractivity contribution is -0.151. The van der Waals surface area contributed by atoms with Gasteiger partial charge in [-0.15, -0.1) is 0 Å². The van der Waals surface area contributed by atoms with Crippen LogP contribution in [0.2, 0.25) is 0 Å². The lowest BCUT2D eigenvalue weighted by Crippen LogP contribution is -2.47. The number of amides is 4. The van der Waals surface area contributed by atoms with Crippen molar-refractivity contribution >= 4 is 41.1 Å². The van der Waals surface area contributed by atoms with Gasteiger partial charge in [0.05, 0.1) is 50.5 Å². The molecule has 12 nitrogen and oxygen atoms in total. The second-order valence-corrected chi connectivity index (χ2v) is 13.4. The van der Waals surface area contributed by atoms with Crippen molar-refractivity contribution in [3.05, 3.63) is 89.0 Å². The van der Waals surface area contributed by atoms with E-state index in [0.29, 0.717) is 56.0 Å². The van der Waals surface area contributed by atoms with Crippen LogP contribution in [0.5, 0.6) is 0 Å². The van der Waals surface area contributed by atoms with E-state index in [4.69, 9.17) is 14.2 Å². The van der Waals surface area contributed by atoms with E-state index >= 15 is 0 Å². The van der Waals surface area contributed by atoms with Gasteiger partial charge in [-0.25, -0.2) is 9.59 Å². The molecule has 0 saturated carbocycles. The van der Waals surface area contributed by atoms with Crippen molar-refractivity contribution in [3.8, 4) is 0 Å². The third-order valence-corrected chi connectivity index (χ3v) is 10.6. The lowest BCUT2D eigenvalue weighted by atomic mass is 9.82. The minimum atomic E-state index is -1.36. The first kappa shape index (κ1) is 31.3. The predicted molar refractivity (Wildman–Crippen MR) is 178 cm³/mol. The lowest BCUT2D eigenvalue weighted by Gasteiger charge is -2.36. The summed E-state index contributed by atoms with van der Waals surface area (Å²) in [7, 11) is 0. The van der Waals surface area contributed by atoms with E-state index in [9.17, 15) is 24.3 Å². The van der Waals surface area contributed by atoms with E-state index < -0.39 is 17.8 Å². The number of benzene rings is 3. The Kier molecular flexibility index (Phi) is 7.79. The summed E-state index contributed by atoms with van der Waals surface area (Å²) in [6.07, 6.45) is -0.219. The number of fused-ring (bicyclic) bond motifs is 3. The molecule has 0 bridgehead atoms. The first-order valence-electron chi connectivity index (χ1n) is 16.9. The minimum absolute atomic E-state index is 0.0753. The molecule has 5 aliphatic heterocycles. The van der Waals surface area contributed by atoms with Crippen molar-refractivity contribution in [2.75, 3.05) is 47.6 Å². The number of aliphatic hydroxyl groups is 1. The third kappa shape index (κ3) is 5.21. The third-order valence-electron chi connectivity index (χ3n) is 10.6. The number of hydrogen-bond donors (Lipinski definition) is 1. The Bertz CT molecular complexity index is 1830. The molecule has 3 saturated heterocycles. The van der Waals surface area contributed by atoms with E-state index in [1.165, 1.54) is 0 Å². The molecule has 0 aromatic heterocycles. The van der Waals surface area contributed by atoms with E-state index in [0.717, 1.165) is 22.4 Å². The molecule has 12 heteroatoms. The fourth-order valence-corrected chi connectivity index (χ4v) is 8.08. The highest BCUT2D eigenvalue weighted by atomic mass is 16.6.